The molecule has 0 aromatic heterocycles. The zero-order valence-corrected chi connectivity index (χ0v) is 24.7. The Kier molecular flexibility index (Phi) is 8.69. The molecule has 5 rings (SSSR count). The molecule has 0 radical (unpaired) electrons. The molecule has 3 aromatic rings. The van der Waals surface area contributed by atoms with Crippen molar-refractivity contribution in [2.75, 3.05) is 0 Å². The maximum atomic E-state index is 2.43. The van der Waals surface area contributed by atoms with Crippen LogP contribution in [-0.2, 0) is 30.8 Å². The normalized spacial score (nSPS) is 19.9. The first kappa shape index (κ1) is 26.5. The van der Waals surface area contributed by atoms with Crippen molar-refractivity contribution in [1.29, 1.82) is 0 Å². The van der Waals surface area contributed by atoms with Gasteiger partial charge in [0.2, 0.25) is 0 Å². The molecule has 0 nitrogen and oxygen atoms in total. The van der Waals surface area contributed by atoms with E-state index in [1.54, 1.807) is 27.8 Å². The third-order valence-electron chi connectivity index (χ3n) is 9.27. The molecule has 3 aromatic carbocycles. The van der Waals surface area contributed by atoms with Crippen molar-refractivity contribution in [3.8, 4) is 0 Å². The summed E-state index contributed by atoms with van der Waals surface area (Å²) in [6.07, 6.45) is 7.79. The van der Waals surface area contributed by atoms with Gasteiger partial charge in [-0.1, -0.05) is 0 Å². The second kappa shape index (κ2) is 12.1. The molecule has 37 heavy (non-hydrogen) atoms. The van der Waals surface area contributed by atoms with Crippen molar-refractivity contribution >= 4 is 0 Å². The molecule has 0 aliphatic heterocycles. The van der Waals surface area contributed by atoms with E-state index < -0.39 is 16.6 Å². The van der Waals surface area contributed by atoms with E-state index in [0.717, 1.165) is 4.22 Å². The predicted octanol–water partition coefficient (Wildman–Crippen LogP) is 10.2. The van der Waals surface area contributed by atoms with Crippen LogP contribution in [-0.4, -0.2) is 0 Å². The van der Waals surface area contributed by atoms with E-state index in [9.17, 15) is 0 Å². The van der Waals surface area contributed by atoms with Crippen molar-refractivity contribution in [1.82, 2.24) is 0 Å². The molecule has 0 N–H and O–H groups in total. The number of benzene rings is 3. The van der Waals surface area contributed by atoms with Crippen molar-refractivity contribution < 1.29 is 16.6 Å². The molecule has 0 spiro atoms. The Balaban J connectivity index is 1.71. The maximum absolute atomic E-state index is 2.66. The van der Waals surface area contributed by atoms with Crippen LogP contribution in [0.15, 0.2) is 113 Å². The number of hydrogen-bond donors (Lipinski definition) is 0. The van der Waals surface area contributed by atoms with E-state index in [2.05, 4.69) is 112 Å². The van der Waals surface area contributed by atoms with Gasteiger partial charge in [-0.2, -0.15) is 0 Å². The summed E-state index contributed by atoms with van der Waals surface area (Å²) in [5, 5.41) is 0. The first-order valence-electron chi connectivity index (χ1n) is 14.8. The second-order valence-electron chi connectivity index (χ2n) is 11.4. The summed E-state index contributed by atoms with van der Waals surface area (Å²) in [5.41, 5.74) is 12.0. The summed E-state index contributed by atoms with van der Waals surface area (Å²) >= 11 is -2.66. The Hall–Kier alpha value is -2.15. The Morgan fingerprint density at radius 1 is 0.649 bits per heavy atom. The molecule has 0 bridgehead atoms. The predicted molar refractivity (Wildman–Crippen MR) is 156 cm³/mol. The van der Waals surface area contributed by atoms with Gasteiger partial charge in [-0.25, -0.2) is 0 Å². The van der Waals surface area contributed by atoms with Gasteiger partial charge in [-0.15, -0.1) is 0 Å². The third-order valence-corrected chi connectivity index (χ3v) is 17.7. The van der Waals surface area contributed by atoms with Crippen LogP contribution < -0.4 is 0 Å². The zero-order chi connectivity index (χ0) is 25.7. The van der Waals surface area contributed by atoms with Crippen LogP contribution in [0.2, 0.25) is 4.22 Å². The SMILES string of the molecule is CCC1=C(CC)C(CC)C2=C1[CH]([Ti]([CH2]c1ccccc1)([CH2]c1ccccc1)[CH2]c1ccccc1)CCC2. The van der Waals surface area contributed by atoms with Gasteiger partial charge in [-0.3, -0.25) is 0 Å². The van der Waals surface area contributed by atoms with Gasteiger partial charge >= 0.3 is 230 Å². The van der Waals surface area contributed by atoms with E-state index in [1.807, 2.05) is 11.1 Å². The first-order valence-corrected chi connectivity index (χ1v) is 19.0. The van der Waals surface area contributed by atoms with E-state index >= 15 is 0 Å². The molecule has 0 saturated heterocycles. The van der Waals surface area contributed by atoms with Gasteiger partial charge in [0.15, 0.2) is 0 Å². The molecule has 2 unspecified atom stereocenters. The van der Waals surface area contributed by atoms with Gasteiger partial charge < -0.3 is 0 Å². The van der Waals surface area contributed by atoms with Gasteiger partial charge in [0.25, 0.3) is 0 Å². The van der Waals surface area contributed by atoms with E-state index in [1.165, 1.54) is 52.7 Å². The monoisotopic (exact) mass is 524 g/mol. The average molecular weight is 525 g/mol. The van der Waals surface area contributed by atoms with Crippen molar-refractivity contribution in [3.63, 3.8) is 0 Å². The van der Waals surface area contributed by atoms with Crippen molar-refractivity contribution in [2.24, 2.45) is 5.92 Å². The molecule has 0 saturated carbocycles. The Labute approximate surface area is 229 Å². The quantitative estimate of drug-likeness (QED) is 0.232. The van der Waals surface area contributed by atoms with Crippen molar-refractivity contribution in [2.45, 2.75) is 77.7 Å². The molecule has 0 heterocycles. The molecule has 192 valence electrons. The van der Waals surface area contributed by atoms with Gasteiger partial charge in [-0.05, 0) is 0 Å². The first-order chi connectivity index (χ1) is 18.2. The summed E-state index contributed by atoms with van der Waals surface area (Å²) in [6.45, 7) is 7.27. The molecule has 0 fully saturated rings. The summed E-state index contributed by atoms with van der Waals surface area (Å²) in [4.78, 5) is 0. The summed E-state index contributed by atoms with van der Waals surface area (Å²) < 4.78 is 4.70. The average Bonchev–Trinajstić information content (AvgIpc) is 3.27. The Morgan fingerprint density at radius 2 is 1.14 bits per heavy atom. The molecule has 2 atom stereocenters. The number of rotatable bonds is 10. The van der Waals surface area contributed by atoms with Crippen LogP contribution >= 0.6 is 0 Å². The van der Waals surface area contributed by atoms with Gasteiger partial charge in [0.05, 0.1) is 0 Å². The fourth-order valence-corrected chi connectivity index (χ4v) is 17.4. The Morgan fingerprint density at radius 3 is 1.54 bits per heavy atom. The number of allylic oxidation sites excluding steroid dienone is 4. The molecule has 2 aliphatic rings. The van der Waals surface area contributed by atoms with Crippen LogP contribution in [0.1, 0.15) is 76.0 Å². The standard InChI is InChI=1S/C15H23.3C7H7.Ti/c1-4-11-12(5-2)14-9-7-8-10-15(14)13(11)6-3;3*1-7-5-3-2-4-6-7;/h9,13H,4-8,10H2,1-3H3;3*2-6H,1H2;. The third kappa shape index (κ3) is 5.52. The Bertz CT molecular complexity index is 1120. The van der Waals surface area contributed by atoms with Crippen LogP contribution in [0.5, 0.6) is 0 Å². The van der Waals surface area contributed by atoms with Gasteiger partial charge in [0, 0.05) is 0 Å². The molecular weight excluding hydrogens is 480 g/mol. The molecule has 2 aliphatic carbocycles. The van der Waals surface area contributed by atoms with Crippen molar-refractivity contribution in [3.05, 3.63) is 130 Å². The molecular formula is C36H44Ti. The number of hydrogen-bond acceptors (Lipinski definition) is 0. The van der Waals surface area contributed by atoms with E-state index in [-0.39, 0.29) is 0 Å². The minimum atomic E-state index is -2.66. The van der Waals surface area contributed by atoms with Gasteiger partial charge in [0.1, 0.15) is 0 Å². The van der Waals surface area contributed by atoms with Crippen LogP contribution in [0.4, 0.5) is 0 Å². The topological polar surface area (TPSA) is 0 Å². The van der Waals surface area contributed by atoms with E-state index in [0.29, 0.717) is 5.92 Å². The summed E-state index contributed by atoms with van der Waals surface area (Å²) in [6, 6.07) is 34.5. The minimum absolute atomic E-state index is 0.711. The van der Waals surface area contributed by atoms with Crippen LogP contribution in [0, 0.1) is 5.92 Å². The van der Waals surface area contributed by atoms with Crippen LogP contribution in [0.25, 0.3) is 0 Å². The van der Waals surface area contributed by atoms with Crippen LogP contribution in [0.3, 0.4) is 0 Å². The summed E-state index contributed by atoms with van der Waals surface area (Å²) in [7, 11) is 0. The second-order valence-corrected chi connectivity index (χ2v) is 18.4. The molecule has 0 amide bonds. The molecule has 1 heteroatoms. The zero-order valence-electron chi connectivity index (χ0n) is 23.2. The fraction of sp³-hybridized carbons (Fsp3) is 0.389. The fourth-order valence-electron chi connectivity index (χ4n) is 7.91. The van der Waals surface area contributed by atoms with E-state index in [4.69, 9.17) is 0 Å². The summed E-state index contributed by atoms with van der Waals surface area (Å²) in [5.74, 6) is 0.711.